The van der Waals surface area contributed by atoms with Crippen molar-refractivity contribution in [3.05, 3.63) is 53.1 Å². The van der Waals surface area contributed by atoms with Crippen molar-refractivity contribution in [1.29, 1.82) is 5.26 Å². The van der Waals surface area contributed by atoms with E-state index in [-0.39, 0.29) is 18.2 Å². The second-order valence-corrected chi connectivity index (χ2v) is 9.66. The maximum atomic E-state index is 12.3. The number of rotatable bonds is 5. The summed E-state index contributed by atoms with van der Waals surface area (Å²) in [4.78, 5) is 12.3. The predicted molar refractivity (Wildman–Crippen MR) is 129 cm³/mol. The number of nitrogens with zero attached hydrogens (tertiary/aromatic N) is 1. The van der Waals surface area contributed by atoms with Crippen LogP contribution in [0.1, 0.15) is 63.1 Å². The molecule has 0 heterocycles. The zero-order valence-electron chi connectivity index (χ0n) is 19.7. The molecule has 2 unspecified atom stereocenters. The van der Waals surface area contributed by atoms with Crippen LogP contribution in [0.25, 0.3) is 0 Å². The van der Waals surface area contributed by atoms with E-state index in [1.54, 1.807) is 0 Å². The Kier molecular flexibility index (Phi) is 7.29. The Morgan fingerprint density at radius 1 is 1.00 bits per heavy atom. The zero-order chi connectivity index (χ0) is 23.3. The van der Waals surface area contributed by atoms with Gasteiger partial charge in [-0.05, 0) is 88.9 Å². The molecule has 0 radical (unpaired) electrons. The molecule has 6 heteroatoms. The van der Waals surface area contributed by atoms with Gasteiger partial charge in [-0.1, -0.05) is 18.9 Å². The first-order chi connectivity index (χ1) is 15.1. The van der Waals surface area contributed by atoms with Crippen LogP contribution in [0.3, 0.4) is 0 Å². The van der Waals surface area contributed by atoms with Crippen molar-refractivity contribution in [3.8, 4) is 6.07 Å². The highest BCUT2D eigenvalue weighted by molar-refractivity contribution is 5.72. The number of hydrogen-bond acceptors (Lipinski definition) is 5. The number of aryl methyl sites for hydroxylation is 2. The van der Waals surface area contributed by atoms with Gasteiger partial charge in [-0.25, -0.2) is 4.79 Å². The maximum Gasteiger partial charge on any atom is 0.407 e. The highest BCUT2D eigenvalue weighted by atomic mass is 16.6. The molecule has 1 aliphatic rings. The molecule has 2 atom stereocenters. The molecule has 170 valence electrons. The summed E-state index contributed by atoms with van der Waals surface area (Å²) in [6.45, 7) is 9.71. The summed E-state index contributed by atoms with van der Waals surface area (Å²) in [5, 5.41) is 19.6. The Bertz CT molecular complexity index is 984. The van der Waals surface area contributed by atoms with Crippen molar-refractivity contribution in [1.82, 2.24) is 5.32 Å². The van der Waals surface area contributed by atoms with Crippen LogP contribution in [0.15, 0.2) is 36.4 Å². The smallest absolute Gasteiger partial charge is 0.407 e. The molecule has 6 nitrogen and oxygen atoms in total. The normalized spacial score (nSPS) is 18.4. The van der Waals surface area contributed by atoms with E-state index in [2.05, 4.69) is 54.1 Å². The minimum absolute atomic E-state index is 0.00919. The van der Waals surface area contributed by atoms with Crippen LogP contribution in [0.4, 0.5) is 21.9 Å². The summed E-state index contributed by atoms with van der Waals surface area (Å²) >= 11 is 0. The molecule has 0 aromatic heterocycles. The summed E-state index contributed by atoms with van der Waals surface area (Å²) in [5.74, 6) is 0. The van der Waals surface area contributed by atoms with Crippen LogP contribution >= 0.6 is 0 Å². The molecule has 1 aliphatic carbocycles. The van der Waals surface area contributed by atoms with Crippen LogP contribution in [0.5, 0.6) is 0 Å². The molecule has 2 aromatic carbocycles. The second kappa shape index (κ2) is 9.95. The van der Waals surface area contributed by atoms with Crippen molar-refractivity contribution in [3.63, 3.8) is 0 Å². The number of carbonyl (C=O) groups excluding carboxylic acids is 1. The van der Waals surface area contributed by atoms with Gasteiger partial charge < -0.3 is 20.7 Å². The molecule has 0 spiro atoms. The van der Waals surface area contributed by atoms with Crippen molar-refractivity contribution in [2.24, 2.45) is 0 Å². The molecule has 1 saturated carbocycles. The second-order valence-electron chi connectivity index (χ2n) is 9.66. The fraction of sp³-hybridized carbons (Fsp3) is 0.462. The third kappa shape index (κ3) is 6.65. The number of benzene rings is 2. The number of alkyl carbamates (subject to hydrolysis) is 1. The lowest BCUT2D eigenvalue weighted by Gasteiger charge is -2.34. The van der Waals surface area contributed by atoms with Gasteiger partial charge in [0.2, 0.25) is 0 Å². The fourth-order valence-corrected chi connectivity index (χ4v) is 4.19. The van der Waals surface area contributed by atoms with Crippen LogP contribution < -0.4 is 16.0 Å². The van der Waals surface area contributed by atoms with Crippen LogP contribution in [0, 0.1) is 25.2 Å². The summed E-state index contributed by atoms with van der Waals surface area (Å²) < 4.78 is 5.45. The Hall–Kier alpha value is -3.20. The SMILES string of the molecule is Cc1cc(C)cc(Nc2cc(NC3CCCCC3NC(=O)OC(C)(C)C)ccc2C#N)c1. The molecule has 1 fully saturated rings. The first-order valence-corrected chi connectivity index (χ1v) is 11.3. The number of carbonyl (C=O) groups is 1. The number of hydrogen-bond donors (Lipinski definition) is 3. The Balaban J connectivity index is 1.76. The quantitative estimate of drug-likeness (QED) is 0.524. The molecule has 3 rings (SSSR count). The molecule has 3 N–H and O–H groups in total. The molecule has 32 heavy (non-hydrogen) atoms. The topological polar surface area (TPSA) is 86.2 Å². The number of nitrogens with one attached hydrogen (secondary N) is 3. The molecule has 0 saturated heterocycles. The average Bonchev–Trinajstić information content (AvgIpc) is 2.67. The lowest BCUT2D eigenvalue weighted by molar-refractivity contribution is 0.0488. The minimum atomic E-state index is -0.524. The summed E-state index contributed by atoms with van der Waals surface area (Å²) in [6, 6.07) is 14.3. The largest absolute Gasteiger partial charge is 0.444 e. The van der Waals surface area contributed by atoms with E-state index in [1.807, 2.05) is 39.0 Å². The third-order valence-electron chi connectivity index (χ3n) is 5.46. The predicted octanol–water partition coefficient (Wildman–Crippen LogP) is 6.17. The van der Waals surface area contributed by atoms with Gasteiger partial charge in [0.1, 0.15) is 11.7 Å². The van der Waals surface area contributed by atoms with Crippen LogP contribution in [-0.4, -0.2) is 23.8 Å². The summed E-state index contributed by atoms with van der Waals surface area (Å²) in [7, 11) is 0. The zero-order valence-corrected chi connectivity index (χ0v) is 19.7. The molecule has 2 aromatic rings. The van der Waals surface area contributed by atoms with Crippen LogP contribution in [-0.2, 0) is 4.74 Å². The third-order valence-corrected chi connectivity index (χ3v) is 5.46. The molecule has 1 amide bonds. The van der Waals surface area contributed by atoms with Gasteiger partial charge in [-0.3, -0.25) is 0 Å². The maximum absolute atomic E-state index is 12.3. The van der Waals surface area contributed by atoms with E-state index >= 15 is 0 Å². The highest BCUT2D eigenvalue weighted by Gasteiger charge is 2.28. The summed E-state index contributed by atoms with van der Waals surface area (Å²) in [6.07, 6.45) is 3.66. The molecular formula is C26H34N4O2. The number of amides is 1. The van der Waals surface area contributed by atoms with E-state index in [1.165, 1.54) is 11.1 Å². The van der Waals surface area contributed by atoms with Gasteiger partial charge >= 0.3 is 6.09 Å². The number of anilines is 3. The van der Waals surface area contributed by atoms with Gasteiger partial charge in [0.15, 0.2) is 0 Å². The van der Waals surface area contributed by atoms with Crippen LogP contribution in [0.2, 0.25) is 0 Å². The van der Waals surface area contributed by atoms with Gasteiger partial charge in [-0.2, -0.15) is 5.26 Å². The van der Waals surface area contributed by atoms with Crippen molar-refractivity contribution in [2.45, 2.75) is 78.0 Å². The first kappa shape index (κ1) is 23.5. The molecule has 0 aliphatic heterocycles. The minimum Gasteiger partial charge on any atom is -0.444 e. The van der Waals surface area contributed by atoms with Crippen molar-refractivity contribution >= 4 is 23.2 Å². The lowest BCUT2D eigenvalue weighted by atomic mass is 9.90. The molecular weight excluding hydrogens is 400 g/mol. The van der Waals surface area contributed by atoms with Gasteiger partial charge in [0, 0.05) is 17.4 Å². The fourth-order valence-electron chi connectivity index (χ4n) is 4.19. The van der Waals surface area contributed by atoms with Crippen molar-refractivity contribution in [2.75, 3.05) is 10.6 Å². The van der Waals surface area contributed by atoms with E-state index in [0.717, 1.165) is 42.7 Å². The van der Waals surface area contributed by atoms with Gasteiger partial charge in [0.05, 0.1) is 17.3 Å². The summed E-state index contributed by atoms with van der Waals surface area (Å²) in [5.41, 5.74) is 5.02. The van der Waals surface area contributed by atoms with E-state index < -0.39 is 5.60 Å². The van der Waals surface area contributed by atoms with Crippen molar-refractivity contribution < 1.29 is 9.53 Å². The van der Waals surface area contributed by atoms with E-state index in [9.17, 15) is 10.1 Å². The van der Waals surface area contributed by atoms with Gasteiger partial charge in [0.25, 0.3) is 0 Å². The standard InChI is InChI=1S/C26H34N4O2/c1-17-12-18(2)14-21(13-17)29-24-15-20(11-10-19(24)16-27)28-22-8-6-7-9-23(22)30-25(31)32-26(3,4)5/h10-15,22-23,28-29H,6-9H2,1-5H3,(H,30,31). The van der Waals surface area contributed by atoms with Gasteiger partial charge in [-0.15, -0.1) is 0 Å². The Morgan fingerprint density at radius 2 is 1.66 bits per heavy atom. The Morgan fingerprint density at radius 3 is 2.28 bits per heavy atom. The number of ether oxygens (including phenoxy) is 1. The number of nitriles is 1. The monoisotopic (exact) mass is 434 g/mol. The molecule has 0 bridgehead atoms. The highest BCUT2D eigenvalue weighted by Crippen LogP contribution is 2.28. The van der Waals surface area contributed by atoms with E-state index in [4.69, 9.17) is 4.74 Å². The Labute approximate surface area is 191 Å². The average molecular weight is 435 g/mol. The first-order valence-electron chi connectivity index (χ1n) is 11.3. The lowest BCUT2D eigenvalue weighted by Crippen LogP contribution is -2.49. The van der Waals surface area contributed by atoms with E-state index in [0.29, 0.717) is 5.56 Å².